The maximum absolute atomic E-state index is 13.7. The number of nitrogens with zero attached hydrogens (tertiary/aromatic N) is 3. The monoisotopic (exact) mass is 498 g/mol. The fourth-order valence-electron chi connectivity index (χ4n) is 4.91. The summed E-state index contributed by atoms with van der Waals surface area (Å²) < 4.78 is 28.9. The van der Waals surface area contributed by atoms with Crippen LogP contribution in [0, 0.1) is 0 Å². The predicted octanol–water partition coefficient (Wildman–Crippen LogP) is 3.84. The molecule has 190 valence electrons. The molecule has 2 aromatic rings. The summed E-state index contributed by atoms with van der Waals surface area (Å²) >= 11 is 0. The number of amides is 1. The summed E-state index contributed by atoms with van der Waals surface area (Å²) in [5, 5.41) is 2.96. The third-order valence-electron chi connectivity index (χ3n) is 6.83. The number of carbonyl (C=O) groups excluding carboxylic acids is 1. The van der Waals surface area contributed by atoms with Gasteiger partial charge in [-0.1, -0.05) is 30.7 Å². The molecule has 7 nitrogen and oxygen atoms in total. The normalized spacial score (nSPS) is 17.5. The van der Waals surface area contributed by atoms with Crippen molar-refractivity contribution in [1.82, 2.24) is 14.5 Å². The average molecular weight is 499 g/mol. The van der Waals surface area contributed by atoms with Gasteiger partial charge in [-0.15, -0.1) is 0 Å². The van der Waals surface area contributed by atoms with Crippen LogP contribution in [0.5, 0.6) is 0 Å². The molecule has 0 atom stereocenters. The number of rotatable bonds is 8. The quantitative estimate of drug-likeness (QED) is 0.599. The van der Waals surface area contributed by atoms with E-state index in [0.29, 0.717) is 25.2 Å². The minimum atomic E-state index is -3.67. The first kappa shape index (κ1) is 25.7. The number of hydrogen-bond donors (Lipinski definition) is 1. The van der Waals surface area contributed by atoms with Gasteiger partial charge in [-0.25, -0.2) is 8.42 Å². The average Bonchev–Trinajstić information content (AvgIpc) is 2.88. The van der Waals surface area contributed by atoms with E-state index in [1.54, 1.807) is 16.4 Å². The van der Waals surface area contributed by atoms with Crippen molar-refractivity contribution in [2.75, 3.05) is 45.2 Å². The number of benzene rings is 2. The lowest BCUT2D eigenvalue weighted by atomic mass is 10.1. The summed E-state index contributed by atoms with van der Waals surface area (Å²) in [5.41, 5.74) is 3.33. The van der Waals surface area contributed by atoms with Crippen molar-refractivity contribution in [2.45, 2.75) is 56.5 Å². The fourth-order valence-corrected chi connectivity index (χ4v) is 6.67. The number of sulfonamides is 1. The van der Waals surface area contributed by atoms with E-state index in [2.05, 4.69) is 27.2 Å². The molecular formula is C27H38N4O3S. The van der Waals surface area contributed by atoms with Crippen LogP contribution in [-0.2, 0) is 23.1 Å². The summed E-state index contributed by atoms with van der Waals surface area (Å²) in [7, 11) is 0.392. The molecule has 35 heavy (non-hydrogen) atoms. The summed E-state index contributed by atoms with van der Waals surface area (Å²) in [6, 6.07) is 13.3. The molecule has 1 amide bonds. The van der Waals surface area contributed by atoms with Crippen LogP contribution in [0.25, 0.3) is 0 Å². The van der Waals surface area contributed by atoms with Crippen LogP contribution in [-0.4, -0.2) is 63.8 Å². The van der Waals surface area contributed by atoms with Crippen molar-refractivity contribution < 1.29 is 13.2 Å². The molecule has 2 fully saturated rings. The lowest BCUT2D eigenvalue weighted by molar-refractivity contribution is 0.0950. The molecule has 0 unspecified atom stereocenters. The Labute approximate surface area is 210 Å². The number of carbonyl (C=O) groups is 1. The maximum atomic E-state index is 13.7. The molecule has 0 saturated carbocycles. The van der Waals surface area contributed by atoms with Crippen molar-refractivity contribution in [1.29, 1.82) is 0 Å². The maximum Gasteiger partial charge on any atom is 0.251 e. The Balaban J connectivity index is 1.54. The molecule has 2 saturated heterocycles. The summed E-state index contributed by atoms with van der Waals surface area (Å²) in [4.78, 5) is 17.6. The van der Waals surface area contributed by atoms with Crippen LogP contribution < -0.4 is 10.2 Å². The molecule has 2 aromatic carbocycles. The minimum Gasteiger partial charge on any atom is -0.370 e. The van der Waals surface area contributed by atoms with E-state index in [9.17, 15) is 13.2 Å². The Bertz CT molecular complexity index is 1100. The Hall–Kier alpha value is -2.42. The minimum absolute atomic E-state index is 0.261. The highest BCUT2D eigenvalue weighted by atomic mass is 32.2. The lowest BCUT2D eigenvalue weighted by Crippen LogP contribution is -2.38. The Morgan fingerprint density at radius 3 is 2.09 bits per heavy atom. The molecule has 1 N–H and O–H groups in total. The molecule has 4 rings (SSSR count). The van der Waals surface area contributed by atoms with Crippen LogP contribution >= 0.6 is 0 Å². The molecule has 0 spiro atoms. The highest BCUT2D eigenvalue weighted by Gasteiger charge is 2.31. The van der Waals surface area contributed by atoms with E-state index in [-0.39, 0.29) is 10.8 Å². The Morgan fingerprint density at radius 1 is 0.857 bits per heavy atom. The summed E-state index contributed by atoms with van der Waals surface area (Å²) in [5.74, 6) is -0.261. The van der Waals surface area contributed by atoms with E-state index in [4.69, 9.17) is 0 Å². The number of hydrogen-bond acceptors (Lipinski definition) is 5. The van der Waals surface area contributed by atoms with Crippen molar-refractivity contribution in [2.24, 2.45) is 0 Å². The zero-order valence-corrected chi connectivity index (χ0v) is 21.8. The van der Waals surface area contributed by atoms with Crippen LogP contribution in [0.2, 0.25) is 0 Å². The van der Waals surface area contributed by atoms with Gasteiger partial charge in [-0.2, -0.15) is 4.31 Å². The van der Waals surface area contributed by atoms with Gasteiger partial charge < -0.3 is 15.1 Å². The molecule has 2 aliphatic heterocycles. The molecule has 0 aliphatic carbocycles. The Morgan fingerprint density at radius 2 is 1.46 bits per heavy atom. The van der Waals surface area contributed by atoms with Crippen molar-refractivity contribution in [3.8, 4) is 0 Å². The smallest absolute Gasteiger partial charge is 0.251 e. The van der Waals surface area contributed by atoms with Gasteiger partial charge in [-0.3, -0.25) is 4.79 Å². The molecule has 8 heteroatoms. The predicted molar refractivity (Wildman–Crippen MR) is 140 cm³/mol. The largest absolute Gasteiger partial charge is 0.370 e. The summed E-state index contributed by atoms with van der Waals surface area (Å²) in [6.07, 6.45) is 6.10. The van der Waals surface area contributed by atoms with Crippen LogP contribution in [0.15, 0.2) is 47.4 Å². The molecule has 0 aromatic heterocycles. The van der Waals surface area contributed by atoms with Crippen molar-refractivity contribution in [3.63, 3.8) is 0 Å². The second-order valence-electron chi connectivity index (χ2n) is 9.93. The zero-order valence-electron chi connectivity index (χ0n) is 21.0. The first-order chi connectivity index (χ1) is 16.8. The first-order valence-corrected chi connectivity index (χ1v) is 14.2. The van der Waals surface area contributed by atoms with E-state index < -0.39 is 10.0 Å². The van der Waals surface area contributed by atoms with Gasteiger partial charge in [0.2, 0.25) is 10.0 Å². The molecular weight excluding hydrogens is 460 g/mol. The second-order valence-corrected chi connectivity index (χ2v) is 11.8. The van der Waals surface area contributed by atoms with Gasteiger partial charge in [0.05, 0.1) is 5.69 Å². The third-order valence-corrected chi connectivity index (χ3v) is 8.75. The Kier molecular flexibility index (Phi) is 8.46. The van der Waals surface area contributed by atoms with E-state index in [1.807, 2.05) is 32.3 Å². The highest BCUT2D eigenvalue weighted by molar-refractivity contribution is 7.89. The highest BCUT2D eigenvalue weighted by Crippen LogP contribution is 2.32. The van der Waals surface area contributed by atoms with Crippen molar-refractivity contribution >= 4 is 21.6 Å². The van der Waals surface area contributed by atoms with E-state index in [1.165, 1.54) is 12.0 Å². The number of piperidine rings is 2. The molecule has 2 heterocycles. The second kappa shape index (κ2) is 11.5. The fraction of sp³-hybridized carbons (Fsp3) is 0.519. The standard InChI is InChI=1S/C27H38N4O3S/c1-29(2)21-23-11-9-22(10-12-23)20-28-27(32)24-13-14-25(30-15-5-3-6-16-30)26(19-24)35(33,34)31-17-7-4-8-18-31/h9-14,19H,3-8,15-18,20-21H2,1-2H3,(H,28,32). The van der Waals surface area contributed by atoms with Gasteiger partial charge in [0.25, 0.3) is 5.91 Å². The lowest BCUT2D eigenvalue weighted by Gasteiger charge is -2.33. The van der Waals surface area contributed by atoms with E-state index in [0.717, 1.165) is 63.0 Å². The van der Waals surface area contributed by atoms with Crippen LogP contribution in [0.4, 0.5) is 5.69 Å². The molecule has 2 aliphatic rings. The van der Waals surface area contributed by atoms with Crippen molar-refractivity contribution in [3.05, 3.63) is 59.2 Å². The van der Waals surface area contributed by atoms with Gasteiger partial charge in [0.15, 0.2) is 0 Å². The third kappa shape index (κ3) is 6.42. The zero-order chi connectivity index (χ0) is 24.8. The van der Waals surface area contributed by atoms with Crippen LogP contribution in [0.3, 0.4) is 0 Å². The summed E-state index contributed by atoms with van der Waals surface area (Å²) in [6.45, 7) is 4.03. The topological polar surface area (TPSA) is 73.0 Å². The first-order valence-electron chi connectivity index (χ1n) is 12.7. The van der Waals surface area contributed by atoms with E-state index >= 15 is 0 Å². The van der Waals surface area contributed by atoms with Gasteiger partial charge in [0.1, 0.15) is 4.90 Å². The number of anilines is 1. The van der Waals surface area contributed by atoms with Gasteiger partial charge in [-0.05, 0) is 75.5 Å². The van der Waals surface area contributed by atoms with Gasteiger partial charge >= 0.3 is 0 Å². The van der Waals surface area contributed by atoms with Crippen LogP contribution in [0.1, 0.15) is 60.0 Å². The molecule has 0 bridgehead atoms. The van der Waals surface area contributed by atoms with Gasteiger partial charge in [0, 0.05) is 44.8 Å². The molecule has 0 radical (unpaired) electrons. The SMILES string of the molecule is CN(C)Cc1ccc(CNC(=O)c2ccc(N3CCCCC3)c(S(=O)(=O)N3CCCCC3)c2)cc1. The number of nitrogens with one attached hydrogen (secondary N) is 1.